The Kier molecular flexibility index (Phi) is 5.53. The lowest BCUT2D eigenvalue weighted by molar-refractivity contribution is 0.0522. The molecule has 0 amide bonds. The Hall–Kier alpha value is -3.49. The van der Waals surface area contributed by atoms with Gasteiger partial charge in [0.05, 0.1) is 24.8 Å². The zero-order valence-electron chi connectivity index (χ0n) is 16.1. The number of rotatable bonds is 7. The number of nitrogens with zero attached hydrogens (tertiary/aromatic N) is 4. The maximum absolute atomic E-state index is 12.8. The number of tetrazole rings is 1. The second kappa shape index (κ2) is 8.03. The van der Waals surface area contributed by atoms with E-state index in [1.54, 1.807) is 33.9 Å². The first-order valence-electron chi connectivity index (χ1n) is 8.76. The van der Waals surface area contributed by atoms with Crippen LogP contribution < -0.4 is 4.74 Å². The molecule has 2 heterocycles. The predicted molar refractivity (Wildman–Crippen MR) is 100 cm³/mol. The van der Waals surface area contributed by atoms with E-state index in [2.05, 4.69) is 20.4 Å². The quantitative estimate of drug-likeness (QED) is 0.492. The van der Waals surface area contributed by atoms with E-state index >= 15 is 0 Å². The number of nitrogens with one attached hydrogen (secondary N) is 1. The summed E-state index contributed by atoms with van der Waals surface area (Å²) in [5, 5.41) is 12.2. The number of hydrogen-bond acceptors (Lipinski definition) is 7. The molecule has 2 aromatic heterocycles. The number of ether oxygens (including phenoxy) is 2. The number of H-pyrrole nitrogens is 1. The van der Waals surface area contributed by atoms with E-state index in [4.69, 9.17) is 9.47 Å². The lowest BCUT2D eigenvalue weighted by atomic mass is 10.0. The molecule has 0 bridgehead atoms. The summed E-state index contributed by atoms with van der Waals surface area (Å²) in [4.78, 5) is 29.3. The Morgan fingerprint density at radius 1 is 1.18 bits per heavy atom. The highest BCUT2D eigenvalue weighted by molar-refractivity contribution is 6.08. The first-order chi connectivity index (χ1) is 13.4. The monoisotopic (exact) mass is 383 g/mol. The van der Waals surface area contributed by atoms with Crippen molar-refractivity contribution in [2.24, 2.45) is 0 Å². The highest BCUT2D eigenvalue weighted by Gasteiger charge is 2.26. The first kappa shape index (κ1) is 19.3. The van der Waals surface area contributed by atoms with Crippen LogP contribution in [-0.2, 0) is 11.3 Å². The third kappa shape index (κ3) is 3.78. The zero-order valence-corrected chi connectivity index (χ0v) is 16.1. The number of methoxy groups -OCH3 is 1. The van der Waals surface area contributed by atoms with Gasteiger partial charge in [-0.2, -0.15) is 4.80 Å². The van der Waals surface area contributed by atoms with Gasteiger partial charge >= 0.3 is 5.97 Å². The van der Waals surface area contributed by atoms with Gasteiger partial charge in [-0.25, -0.2) is 4.79 Å². The van der Waals surface area contributed by atoms with Gasteiger partial charge in [-0.05, 0) is 38.1 Å². The molecule has 0 aliphatic heterocycles. The summed E-state index contributed by atoms with van der Waals surface area (Å²) in [5.41, 5.74) is 2.44. The number of carbonyl (C=O) groups excluding carboxylic acids is 2. The van der Waals surface area contributed by atoms with Crippen molar-refractivity contribution >= 4 is 11.8 Å². The van der Waals surface area contributed by atoms with Crippen LogP contribution in [-0.4, -0.2) is 50.7 Å². The molecule has 0 fully saturated rings. The van der Waals surface area contributed by atoms with Gasteiger partial charge in [0.1, 0.15) is 12.3 Å². The molecule has 0 spiro atoms. The van der Waals surface area contributed by atoms with Gasteiger partial charge in [-0.1, -0.05) is 12.1 Å². The van der Waals surface area contributed by atoms with Crippen LogP contribution in [0.25, 0.3) is 11.4 Å². The number of aromatic nitrogens is 5. The third-order valence-electron chi connectivity index (χ3n) is 4.20. The number of hydrogen-bond donors (Lipinski definition) is 1. The lowest BCUT2D eigenvalue weighted by Gasteiger charge is -2.05. The van der Waals surface area contributed by atoms with Gasteiger partial charge in [-0.15, -0.1) is 10.2 Å². The van der Waals surface area contributed by atoms with Crippen molar-refractivity contribution in [2.45, 2.75) is 27.3 Å². The van der Waals surface area contributed by atoms with Crippen LogP contribution in [0, 0.1) is 13.8 Å². The molecule has 28 heavy (non-hydrogen) atoms. The Morgan fingerprint density at radius 3 is 2.64 bits per heavy atom. The standard InChI is InChI=1S/C19H21N5O4/c1-5-28-19(26)17-12(3)20-11(2)16(17)15(25)10-24-22-18(21-23-24)13-7-6-8-14(9-13)27-4/h6-9,20H,5,10H2,1-4H3. The van der Waals surface area contributed by atoms with Gasteiger partial charge in [-0.3, -0.25) is 4.79 Å². The summed E-state index contributed by atoms with van der Waals surface area (Å²) in [6.45, 7) is 5.25. The first-order valence-corrected chi connectivity index (χ1v) is 8.76. The molecule has 0 aliphatic carbocycles. The van der Waals surface area contributed by atoms with Crippen molar-refractivity contribution in [3.8, 4) is 17.1 Å². The number of benzene rings is 1. The molecule has 1 aromatic carbocycles. The van der Waals surface area contributed by atoms with Crippen LogP contribution in [0.15, 0.2) is 24.3 Å². The van der Waals surface area contributed by atoms with E-state index in [9.17, 15) is 9.59 Å². The smallest absolute Gasteiger partial charge is 0.340 e. The summed E-state index contributed by atoms with van der Waals surface area (Å²) in [5.74, 6) is 0.206. The lowest BCUT2D eigenvalue weighted by Crippen LogP contribution is -2.17. The number of carbonyl (C=O) groups is 2. The summed E-state index contributed by atoms with van der Waals surface area (Å²) >= 11 is 0. The molecular formula is C19H21N5O4. The van der Waals surface area contributed by atoms with Crippen LogP contribution in [0.5, 0.6) is 5.75 Å². The Bertz CT molecular complexity index is 1020. The molecule has 3 aromatic rings. The molecule has 0 radical (unpaired) electrons. The number of Topliss-reactive ketones (excluding diaryl/α,β-unsaturated/α-hetero) is 1. The Morgan fingerprint density at radius 2 is 1.93 bits per heavy atom. The Labute approximate surface area is 161 Å². The van der Waals surface area contributed by atoms with E-state index in [-0.39, 0.29) is 30.1 Å². The average Bonchev–Trinajstić information content (AvgIpc) is 3.25. The van der Waals surface area contributed by atoms with Crippen LogP contribution >= 0.6 is 0 Å². The number of ketones is 1. The summed E-state index contributed by atoms with van der Waals surface area (Å²) in [7, 11) is 1.57. The normalized spacial score (nSPS) is 10.7. The molecule has 0 unspecified atom stereocenters. The van der Waals surface area contributed by atoms with Crippen molar-refractivity contribution in [1.29, 1.82) is 0 Å². The highest BCUT2D eigenvalue weighted by atomic mass is 16.5. The summed E-state index contributed by atoms with van der Waals surface area (Å²) < 4.78 is 10.3. The second-order valence-electron chi connectivity index (χ2n) is 6.14. The van der Waals surface area contributed by atoms with Gasteiger partial charge in [0.2, 0.25) is 5.82 Å². The summed E-state index contributed by atoms with van der Waals surface area (Å²) in [6, 6.07) is 7.23. The minimum absolute atomic E-state index is 0.151. The zero-order chi connectivity index (χ0) is 20.3. The minimum atomic E-state index is -0.531. The largest absolute Gasteiger partial charge is 0.497 e. The fourth-order valence-corrected chi connectivity index (χ4v) is 2.98. The maximum atomic E-state index is 12.8. The van der Waals surface area contributed by atoms with Crippen LogP contribution in [0.1, 0.15) is 39.0 Å². The molecule has 3 rings (SSSR count). The number of aromatic amines is 1. The van der Waals surface area contributed by atoms with Crippen molar-refractivity contribution in [3.05, 3.63) is 46.8 Å². The van der Waals surface area contributed by atoms with Gasteiger partial charge in [0.25, 0.3) is 0 Å². The molecule has 0 atom stereocenters. The van der Waals surface area contributed by atoms with Crippen LogP contribution in [0.2, 0.25) is 0 Å². The number of esters is 1. The fraction of sp³-hybridized carbons (Fsp3) is 0.316. The predicted octanol–water partition coefficient (Wildman–Crippen LogP) is 2.35. The third-order valence-corrected chi connectivity index (χ3v) is 4.20. The highest BCUT2D eigenvalue weighted by Crippen LogP contribution is 2.22. The average molecular weight is 383 g/mol. The fourth-order valence-electron chi connectivity index (χ4n) is 2.98. The van der Waals surface area contributed by atoms with E-state index in [0.717, 1.165) is 5.56 Å². The van der Waals surface area contributed by atoms with Crippen molar-refractivity contribution in [3.63, 3.8) is 0 Å². The Balaban J connectivity index is 1.85. The van der Waals surface area contributed by atoms with E-state index in [0.29, 0.717) is 23.0 Å². The topological polar surface area (TPSA) is 112 Å². The molecule has 1 N–H and O–H groups in total. The van der Waals surface area contributed by atoms with E-state index in [1.165, 1.54) is 4.80 Å². The molecule has 0 saturated heterocycles. The molecule has 9 nitrogen and oxygen atoms in total. The SMILES string of the molecule is CCOC(=O)c1c(C)[nH]c(C)c1C(=O)Cn1nnc(-c2cccc(OC)c2)n1. The molecular weight excluding hydrogens is 362 g/mol. The van der Waals surface area contributed by atoms with Gasteiger partial charge in [0.15, 0.2) is 5.78 Å². The van der Waals surface area contributed by atoms with Crippen LogP contribution in [0.3, 0.4) is 0 Å². The van der Waals surface area contributed by atoms with E-state index < -0.39 is 5.97 Å². The van der Waals surface area contributed by atoms with Crippen molar-refractivity contribution in [2.75, 3.05) is 13.7 Å². The van der Waals surface area contributed by atoms with Gasteiger partial charge < -0.3 is 14.5 Å². The van der Waals surface area contributed by atoms with Gasteiger partial charge in [0, 0.05) is 17.0 Å². The molecule has 0 aliphatic rings. The molecule has 146 valence electrons. The van der Waals surface area contributed by atoms with E-state index in [1.807, 2.05) is 18.2 Å². The minimum Gasteiger partial charge on any atom is -0.497 e. The second-order valence-corrected chi connectivity index (χ2v) is 6.14. The van der Waals surface area contributed by atoms with Crippen LogP contribution in [0.4, 0.5) is 0 Å². The number of aryl methyl sites for hydroxylation is 2. The van der Waals surface area contributed by atoms with Crippen molar-refractivity contribution in [1.82, 2.24) is 25.2 Å². The summed E-state index contributed by atoms with van der Waals surface area (Å²) in [6.07, 6.45) is 0. The molecule has 9 heteroatoms. The molecule has 0 saturated carbocycles. The maximum Gasteiger partial charge on any atom is 0.340 e. The van der Waals surface area contributed by atoms with Crippen molar-refractivity contribution < 1.29 is 19.1 Å².